The third kappa shape index (κ3) is 2.84. The summed E-state index contributed by atoms with van der Waals surface area (Å²) in [4.78, 5) is 23.5. The summed E-state index contributed by atoms with van der Waals surface area (Å²) in [6.45, 7) is 3.53. The monoisotopic (exact) mass is 318 g/mol. The molecule has 1 aromatic rings. The first kappa shape index (κ1) is 14.6. The number of nitro benzene ring substituents is 1. The summed E-state index contributed by atoms with van der Waals surface area (Å²) < 4.78 is 13.4. The van der Waals surface area contributed by atoms with Gasteiger partial charge in [0.25, 0.3) is 11.6 Å². The van der Waals surface area contributed by atoms with E-state index >= 15 is 0 Å². The summed E-state index contributed by atoms with van der Waals surface area (Å²) >= 11 is 2.86. The van der Waals surface area contributed by atoms with Crippen LogP contribution in [0.2, 0.25) is 0 Å². The standard InChI is InChI=1S/C11H12BrFN2O3/c1-6(2)14(3)11(16)7-4-9(13)8(12)5-10(7)15(17)18/h4-6H,1-3H3. The van der Waals surface area contributed by atoms with Gasteiger partial charge in [-0.1, -0.05) is 0 Å². The van der Waals surface area contributed by atoms with Crippen LogP contribution >= 0.6 is 15.9 Å². The van der Waals surface area contributed by atoms with Crippen LogP contribution in [0, 0.1) is 15.9 Å². The van der Waals surface area contributed by atoms with E-state index in [1.54, 1.807) is 13.8 Å². The van der Waals surface area contributed by atoms with Gasteiger partial charge in [0.05, 0.1) is 9.40 Å². The van der Waals surface area contributed by atoms with Crippen LogP contribution in [0.15, 0.2) is 16.6 Å². The summed E-state index contributed by atoms with van der Waals surface area (Å²) in [5, 5.41) is 10.9. The van der Waals surface area contributed by atoms with Gasteiger partial charge >= 0.3 is 0 Å². The molecule has 0 aliphatic rings. The number of carbonyl (C=O) groups is 1. The fourth-order valence-corrected chi connectivity index (χ4v) is 1.61. The molecule has 0 bridgehead atoms. The van der Waals surface area contributed by atoms with Crippen molar-refractivity contribution in [2.24, 2.45) is 0 Å². The molecule has 0 radical (unpaired) electrons. The van der Waals surface area contributed by atoms with Gasteiger partial charge in [-0.15, -0.1) is 0 Å². The molecule has 0 spiro atoms. The van der Waals surface area contributed by atoms with Gasteiger partial charge in [-0.25, -0.2) is 4.39 Å². The van der Waals surface area contributed by atoms with Crippen LogP contribution in [0.5, 0.6) is 0 Å². The van der Waals surface area contributed by atoms with E-state index in [1.165, 1.54) is 11.9 Å². The third-order valence-corrected chi connectivity index (χ3v) is 3.17. The van der Waals surface area contributed by atoms with Gasteiger partial charge < -0.3 is 4.90 Å². The minimum Gasteiger partial charge on any atom is -0.339 e. The number of carbonyl (C=O) groups excluding carboxylic acids is 1. The van der Waals surface area contributed by atoms with Crippen molar-refractivity contribution in [1.82, 2.24) is 4.90 Å². The highest BCUT2D eigenvalue weighted by Crippen LogP contribution is 2.27. The molecule has 98 valence electrons. The van der Waals surface area contributed by atoms with Crippen molar-refractivity contribution < 1.29 is 14.1 Å². The Labute approximate surface area is 112 Å². The maximum Gasteiger partial charge on any atom is 0.283 e. The lowest BCUT2D eigenvalue weighted by Gasteiger charge is -2.21. The highest BCUT2D eigenvalue weighted by atomic mass is 79.9. The lowest BCUT2D eigenvalue weighted by molar-refractivity contribution is -0.385. The normalized spacial score (nSPS) is 10.6. The van der Waals surface area contributed by atoms with Crippen LogP contribution in [0.1, 0.15) is 24.2 Å². The first-order chi connectivity index (χ1) is 8.25. The van der Waals surface area contributed by atoms with Crippen molar-refractivity contribution in [3.05, 3.63) is 38.1 Å². The van der Waals surface area contributed by atoms with Crippen LogP contribution < -0.4 is 0 Å². The fraction of sp³-hybridized carbons (Fsp3) is 0.364. The topological polar surface area (TPSA) is 63.5 Å². The average molecular weight is 319 g/mol. The van der Waals surface area contributed by atoms with Crippen molar-refractivity contribution in [1.29, 1.82) is 0 Å². The number of amides is 1. The second-order valence-corrected chi connectivity index (χ2v) is 4.90. The molecule has 5 nitrogen and oxygen atoms in total. The third-order valence-electron chi connectivity index (χ3n) is 2.56. The van der Waals surface area contributed by atoms with Crippen molar-refractivity contribution in [3.63, 3.8) is 0 Å². The summed E-state index contributed by atoms with van der Waals surface area (Å²) in [6.07, 6.45) is 0. The van der Waals surface area contributed by atoms with Gasteiger partial charge in [-0.2, -0.15) is 0 Å². The minimum atomic E-state index is -0.707. The Morgan fingerprint density at radius 3 is 2.50 bits per heavy atom. The highest BCUT2D eigenvalue weighted by molar-refractivity contribution is 9.10. The average Bonchev–Trinajstić information content (AvgIpc) is 2.29. The largest absolute Gasteiger partial charge is 0.339 e. The Hall–Kier alpha value is -1.50. The molecule has 0 saturated carbocycles. The molecule has 0 fully saturated rings. The molecular formula is C11H12BrFN2O3. The zero-order chi connectivity index (χ0) is 14.0. The lowest BCUT2D eigenvalue weighted by Crippen LogP contribution is -2.33. The van der Waals surface area contributed by atoms with Gasteiger partial charge in [0, 0.05) is 19.2 Å². The maximum atomic E-state index is 13.4. The van der Waals surface area contributed by atoms with Crippen molar-refractivity contribution >= 4 is 27.5 Å². The molecular weight excluding hydrogens is 307 g/mol. The highest BCUT2D eigenvalue weighted by Gasteiger charge is 2.26. The SMILES string of the molecule is CC(C)N(C)C(=O)c1cc(F)c(Br)cc1[N+](=O)[O-]. The van der Waals surface area contributed by atoms with Crippen LogP contribution in [-0.2, 0) is 0 Å². The van der Waals surface area contributed by atoms with Crippen LogP contribution in [-0.4, -0.2) is 28.8 Å². The quantitative estimate of drug-likeness (QED) is 0.635. The van der Waals surface area contributed by atoms with E-state index in [9.17, 15) is 19.3 Å². The molecule has 1 rings (SSSR count). The number of halogens is 2. The molecule has 0 aromatic heterocycles. The van der Waals surface area contributed by atoms with Gasteiger partial charge in [0.15, 0.2) is 0 Å². The van der Waals surface area contributed by atoms with E-state index < -0.39 is 22.3 Å². The Bertz CT molecular complexity index is 505. The summed E-state index contributed by atoms with van der Waals surface area (Å²) in [5.41, 5.74) is -0.669. The molecule has 1 amide bonds. The number of benzene rings is 1. The second kappa shape index (κ2) is 5.43. The molecule has 0 atom stereocenters. The minimum absolute atomic E-state index is 0.0436. The predicted molar refractivity (Wildman–Crippen MR) is 68.0 cm³/mol. The van der Waals surface area contributed by atoms with Crippen LogP contribution in [0.4, 0.5) is 10.1 Å². The molecule has 0 aliphatic heterocycles. The smallest absolute Gasteiger partial charge is 0.283 e. The Morgan fingerprint density at radius 1 is 1.50 bits per heavy atom. The van der Waals surface area contributed by atoms with E-state index in [4.69, 9.17) is 0 Å². The fourth-order valence-electron chi connectivity index (χ4n) is 1.28. The van der Waals surface area contributed by atoms with Crippen molar-refractivity contribution in [3.8, 4) is 0 Å². The van der Waals surface area contributed by atoms with Gasteiger partial charge in [-0.05, 0) is 35.8 Å². The van der Waals surface area contributed by atoms with Gasteiger partial charge in [-0.3, -0.25) is 14.9 Å². The predicted octanol–water partition coefficient (Wildman–Crippen LogP) is 2.98. The Balaban J connectivity index is 3.35. The number of hydrogen-bond donors (Lipinski definition) is 0. The number of rotatable bonds is 3. The summed E-state index contributed by atoms with van der Waals surface area (Å²) in [5.74, 6) is -1.29. The molecule has 18 heavy (non-hydrogen) atoms. The van der Waals surface area contributed by atoms with Gasteiger partial charge in [0.2, 0.25) is 0 Å². The van der Waals surface area contributed by atoms with Crippen LogP contribution in [0.25, 0.3) is 0 Å². The molecule has 0 heterocycles. The number of nitro groups is 1. The first-order valence-electron chi connectivity index (χ1n) is 5.16. The lowest BCUT2D eigenvalue weighted by atomic mass is 10.1. The summed E-state index contributed by atoms with van der Waals surface area (Å²) in [6, 6.07) is 1.74. The van der Waals surface area contributed by atoms with E-state index in [-0.39, 0.29) is 16.1 Å². The number of nitrogens with zero attached hydrogens (tertiary/aromatic N) is 2. The van der Waals surface area contributed by atoms with E-state index in [0.29, 0.717) is 0 Å². The van der Waals surface area contributed by atoms with Crippen LogP contribution in [0.3, 0.4) is 0 Å². The molecule has 0 aliphatic carbocycles. The maximum absolute atomic E-state index is 13.4. The second-order valence-electron chi connectivity index (χ2n) is 4.05. The first-order valence-corrected chi connectivity index (χ1v) is 5.95. The zero-order valence-corrected chi connectivity index (χ0v) is 11.7. The van der Waals surface area contributed by atoms with Crippen molar-refractivity contribution in [2.75, 3.05) is 7.05 Å². The van der Waals surface area contributed by atoms with Gasteiger partial charge in [0.1, 0.15) is 11.4 Å². The molecule has 1 aromatic carbocycles. The van der Waals surface area contributed by atoms with E-state index in [2.05, 4.69) is 15.9 Å². The van der Waals surface area contributed by atoms with Crippen molar-refractivity contribution in [2.45, 2.75) is 19.9 Å². The Kier molecular flexibility index (Phi) is 4.39. The zero-order valence-electron chi connectivity index (χ0n) is 10.1. The Morgan fingerprint density at radius 2 is 2.06 bits per heavy atom. The molecule has 0 unspecified atom stereocenters. The molecule has 7 heteroatoms. The van der Waals surface area contributed by atoms with E-state index in [0.717, 1.165) is 12.1 Å². The molecule has 0 saturated heterocycles. The molecule has 0 N–H and O–H groups in total. The number of hydrogen-bond acceptors (Lipinski definition) is 3. The summed E-state index contributed by atoms with van der Waals surface area (Å²) in [7, 11) is 1.51. The van der Waals surface area contributed by atoms with E-state index in [1.807, 2.05) is 0 Å².